The first kappa shape index (κ1) is 9.68. The maximum Gasteiger partial charge on any atom is 0.237 e. The van der Waals surface area contributed by atoms with E-state index in [1.54, 1.807) is 11.3 Å². The molecular weight excluding hydrogens is 196 g/mol. The van der Waals surface area contributed by atoms with E-state index in [0.29, 0.717) is 0 Å². The molecule has 4 heteroatoms. The number of hydrogen-bond donors (Lipinski definition) is 2. The second-order valence-corrected chi connectivity index (χ2v) is 4.77. The molecule has 0 spiro atoms. The van der Waals surface area contributed by atoms with Crippen LogP contribution in [-0.2, 0) is 11.3 Å². The lowest BCUT2D eigenvalue weighted by Crippen LogP contribution is -2.59. The maximum atomic E-state index is 11.2. The first-order valence-corrected chi connectivity index (χ1v) is 5.68. The van der Waals surface area contributed by atoms with E-state index in [-0.39, 0.29) is 5.91 Å². The lowest BCUT2D eigenvalue weighted by Gasteiger charge is -2.39. The van der Waals surface area contributed by atoms with Crippen molar-refractivity contribution in [2.75, 3.05) is 0 Å². The van der Waals surface area contributed by atoms with E-state index in [1.165, 1.54) is 4.88 Å². The van der Waals surface area contributed by atoms with Crippen molar-refractivity contribution in [1.29, 1.82) is 0 Å². The Bertz CT molecular complexity index is 317. The molecule has 3 N–H and O–H groups in total. The second kappa shape index (κ2) is 3.71. The Morgan fingerprint density at radius 3 is 2.86 bits per heavy atom. The molecular formula is C10H14N2OS. The molecule has 1 aromatic rings. The minimum Gasteiger partial charge on any atom is -0.368 e. The molecule has 1 saturated carbocycles. The van der Waals surface area contributed by atoms with Gasteiger partial charge >= 0.3 is 0 Å². The van der Waals surface area contributed by atoms with Gasteiger partial charge in [0.05, 0.1) is 5.54 Å². The van der Waals surface area contributed by atoms with Gasteiger partial charge in [-0.05, 0) is 30.7 Å². The van der Waals surface area contributed by atoms with Crippen molar-refractivity contribution in [3.8, 4) is 0 Å². The summed E-state index contributed by atoms with van der Waals surface area (Å²) in [5, 5.41) is 5.31. The summed E-state index contributed by atoms with van der Waals surface area (Å²) in [5.74, 6) is -0.208. The summed E-state index contributed by atoms with van der Waals surface area (Å²) >= 11 is 1.70. The van der Waals surface area contributed by atoms with E-state index in [2.05, 4.69) is 11.4 Å². The molecule has 2 rings (SSSR count). The first-order valence-electron chi connectivity index (χ1n) is 4.80. The molecule has 1 aromatic heterocycles. The van der Waals surface area contributed by atoms with Crippen molar-refractivity contribution in [3.05, 3.63) is 22.4 Å². The summed E-state index contributed by atoms with van der Waals surface area (Å²) in [7, 11) is 0. The van der Waals surface area contributed by atoms with Crippen molar-refractivity contribution in [2.45, 2.75) is 31.3 Å². The summed E-state index contributed by atoms with van der Waals surface area (Å²) in [5.41, 5.74) is 4.96. The molecule has 1 aliphatic rings. The minimum atomic E-state index is -0.413. The van der Waals surface area contributed by atoms with Gasteiger partial charge in [0.2, 0.25) is 5.91 Å². The average molecular weight is 210 g/mol. The number of nitrogens with one attached hydrogen (secondary N) is 1. The summed E-state index contributed by atoms with van der Waals surface area (Å²) in [6.07, 6.45) is 2.86. The molecule has 1 aliphatic carbocycles. The van der Waals surface area contributed by atoms with Crippen LogP contribution < -0.4 is 11.1 Å². The minimum absolute atomic E-state index is 0.208. The molecule has 0 aliphatic heterocycles. The van der Waals surface area contributed by atoms with E-state index < -0.39 is 5.54 Å². The lowest BCUT2D eigenvalue weighted by atomic mass is 9.76. The smallest absolute Gasteiger partial charge is 0.237 e. The van der Waals surface area contributed by atoms with Gasteiger partial charge in [-0.25, -0.2) is 0 Å². The molecule has 1 heterocycles. The van der Waals surface area contributed by atoms with Crippen LogP contribution in [0.3, 0.4) is 0 Å². The highest BCUT2D eigenvalue weighted by Gasteiger charge is 2.41. The van der Waals surface area contributed by atoms with Gasteiger partial charge in [0, 0.05) is 11.4 Å². The third-order valence-electron chi connectivity index (χ3n) is 2.86. The number of nitrogens with two attached hydrogens (primary N) is 1. The molecule has 0 saturated heterocycles. The molecule has 1 amide bonds. The van der Waals surface area contributed by atoms with Gasteiger partial charge in [0.15, 0.2) is 0 Å². The molecule has 0 bridgehead atoms. The van der Waals surface area contributed by atoms with E-state index in [0.717, 1.165) is 25.8 Å². The molecule has 1 fully saturated rings. The Kier molecular flexibility index (Phi) is 2.56. The Hall–Kier alpha value is -0.870. The van der Waals surface area contributed by atoms with Crippen LogP contribution >= 0.6 is 11.3 Å². The van der Waals surface area contributed by atoms with E-state index in [4.69, 9.17) is 5.73 Å². The summed E-state index contributed by atoms with van der Waals surface area (Å²) in [6.45, 7) is 0.751. The molecule has 14 heavy (non-hydrogen) atoms. The van der Waals surface area contributed by atoms with Gasteiger partial charge in [-0.1, -0.05) is 6.07 Å². The highest BCUT2D eigenvalue weighted by atomic mass is 32.1. The second-order valence-electron chi connectivity index (χ2n) is 3.73. The van der Waals surface area contributed by atoms with Crippen molar-refractivity contribution in [1.82, 2.24) is 5.32 Å². The van der Waals surface area contributed by atoms with Gasteiger partial charge in [0.25, 0.3) is 0 Å². The van der Waals surface area contributed by atoms with Gasteiger partial charge in [-0.3, -0.25) is 10.1 Å². The fourth-order valence-electron chi connectivity index (χ4n) is 1.71. The Balaban J connectivity index is 1.93. The standard InChI is InChI=1S/C10H14N2OS/c11-9(13)10(4-2-5-10)12-7-8-3-1-6-14-8/h1,3,6,12H,2,4-5,7H2,(H2,11,13). The summed E-state index contributed by atoms with van der Waals surface area (Å²) < 4.78 is 0. The number of hydrogen-bond acceptors (Lipinski definition) is 3. The molecule has 0 unspecified atom stereocenters. The van der Waals surface area contributed by atoms with Crippen LogP contribution in [0.1, 0.15) is 24.1 Å². The van der Waals surface area contributed by atoms with Gasteiger partial charge in [0.1, 0.15) is 0 Å². The van der Waals surface area contributed by atoms with Crippen LogP contribution in [0.2, 0.25) is 0 Å². The number of primary amides is 1. The zero-order valence-corrected chi connectivity index (χ0v) is 8.77. The number of thiophene rings is 1. The topological polar surface area (TPSA) is 55.1 Å². The highest BCUT2D eigenvalue weighted by molar-refractivity contribution is 7.09. The zero-order valence-electron chi connectivity index (χ0n) is 7.95. The maximum absolute atomic E-state index is 11.2. The van der Waals surface area contributed by atoms with Crippen molar-refractivity contribution < 1.29 is 4.79 Å². The quantitative estimate of drug-likeness (QED) is 0.785. The molecule has 3 nitrogen and oxygen atoms in total. The Morgan fingerprint density at radius 1 is 1.64 bits per heavy atom. The van der Waals surface area contributed by atoms with Crippen LogP contribution in [-0.4, -0.2) is 11.4 Å². The summed E-state index contributed by atoms with van der Waals surface area (Å²) in [4.78, 5) is 12.5. The monoisotopic (exact) mass is 210 g/mol. The first-order chi connectivity index (χ1) is 6.73. The highest BCUT2D eigenvalue weighted by Crippen LogP contribution is 2.31. The third-order valence-corrected chi connectivity index (χ3v) is 3.74. The largest absolute Gasteiger partial charge is 0.368 e. The number of rotatable bonds is 4. The summed E-state index contributed by atoms with van der Waals surface area (Å²) in [6, 6.07) is 4.07. The molecule has 0 atom stereocenters. The van der Waals surface area contributed by atoms with Crippen molar-refractivity contribution >= 4 is 17.2 Å². The van der Waals surface area contributed by atoms with E-state index >= 15 is 0 Å². The molecule has 0 radical (unpaired) electrons. The normalized spacial score (nSPS) is 18.9. The van der Waals surface area contributed by atoms with Crippen LogP contribution in [0, 0.1) is 0 Å². The van der Waals surface area contributed by atoms with Crippen LogP contribution in [0.5, 0.6) is 0 Å². The number of amides is 1. The lowest BCUT2D eigenvalue weighted by molar-refractivity contribution is -0.127. The molecule has 76 valence electrons. The molecule has 0 aromatic carbocycles. The van der Waals surface area contributed by atoms with Crippen LogP contribution in [0.4, 0.5) is 0 Å². The van der Waals surface area contributed by atoms with Crippen molar-refractivity contribution in [2.24, 2.45) is 5.73 Å². The number of carbonyl (C=O) groups is 1. The van der Waals surface area contributed by atoms with Crippen LogP contribution in [0.25, 0.3) is 0 Å². The fraction of sp³-hybridized carbons (Fsp3) is 0.500. The van der Waals surface area contributed by atoms with Gasteiger partial charge < -0.3 is 5.73 Å². The van der Waals surface area contributed by atoms with Crippen LogP contribution in [0.15, 0.2) is 17.5 Å². The Morgan fingerprint density at radius 2 is 2.43 bits per heavy atom. The predicted molar refractivity (Wildman–Crippen MR) is 56.9 cm³/mol. The number of carbonyl (C=O) groups excluding carboxylic acids is 1. The Labute approximate surface area is 87.3 Å². The fourth-order valence-corrected chi connectivity index (χ4v) is 2.35. The van der Waals surface area contributed by atoms with E-state index in [1.807, 2.05) is 11.4 Å². The average Bonchev–Trinajstić information content (AvgIpc) is 2.53. The zero-order chi connectivity index (χ0) is 10.0. The predicted octanol–water partition coefficient (Wildman–Crippen LogP) is 1.25. The van der Waals surface area contributed by atoms with E-state index in [9.17, 15) is 4.79 Å². The SMILES string of the molecule is NC(=O)C1(NCc2cccs2)CCC1. The van der Waals surface area contributed by atoms with Crippen molar-refractivity contribution in [3.63, 3.8) is 0 Å². The van der Waals surface area contributed by atoms with Gasteiger partial charge in [-0.2, -0.15) is 0 Å². The van der Waals surface area contributed by atoms with Gasteiger partial charge in [-0.15, -0.1) is 11.3 Å². The third kappa shape index (κ3) is 1.67.